The van der Waals surface area contributed by atoms with Crippen molar-refractivity contribution in [3.8, 4) is 0 Å². The minimum absolute atomic E-state index is 0.117. The fourth-order valence-corrected chi connectivity index (χ4v) is 3.73. The van der Waals surface area contributed by atoms with E-state index in [1.165, 1.54) is 4.90 Å². The van der Waals surface area contributed by atoms with Crippen molar-refractivity contribution in [3.63, 3.8) is 0 Å². The Hall–Kier alpha value is -3.54. The molecular weight excluding hydrogens is 366 g/mol. The van der Waals surface area contributed by atoms with E-state index < -0.39 is 0 Å². The Morgan fingerprint density at radius 2 is 1.62 bits per heavy atom. The smallest absolute Gasteiger partial charge is 0.261 e. The molecule has 2 heterocycles. The number of benzene rings is 2. The number of aromatic nitrogens is 1. The van der Waals surface area contributed by atoms with Crippen LogP contribution in [0.25, 0.3) is 10.8 Å². The van der Waals surface area contributed by atoms with E-state index in [0.29, 0.717) is 22.9 Å². The second-order valence-corrected chi connectivity index (χ2v) is 7.14. The zero-order valence-corrected chi connectivity index (χ0v) is 16.1. The van der Waals surface area contributed by atoms with Crippen molar-refractivity contribution in [2.24, 2.45) is 0 Å². The van der Waals surface area contributed by atoms with Gasteiger partial charge in [0.2, 0.25) is 5.91 Å². The molecule has 0 saturated heterocycles. The lowest BCUT2D eigenvalue weighted by Crippen LogP contribution is -2.41. The van der Waals surface area contributed by atoms with Crippen LogP contribution < -0.4 is 5.32 Å². The molecule has 1 atom stereocenters. The third-order valence-corrected chi connectivity index (χ3v) is 5.22. The molecule has 1 aromatic heterocycles. The Morgan fingerprint density at radius 3 is 2.24 bits per heavy atom. The van der Waals surface area contributed by atoms with Crippen LogP contribution in [-0.2, 0) is 4.79 Å². The second kappa shape index (κ2) is 7.83. The molecule has 146 valence electrons. The van der Waals surface area contributed by atoms with Crippen LogP contribution in [0.3, 0.4) is 0 Å². The molecule has 3 amide bonds. The van der Waals surface area contributed by atoms with Crippen molar-refractivity contribution in [2.75, 3.05) is 6.54 Å². The van der Waals surface area contributed by atoms with Crippen LogP contribution in [0.2, 0.25) is 0 Å². The summed E-state index contributed by atoms with van der Waals surface area (Å²) in [4.78, 5) is 43.2. The highest BCUT2D eigenvalue weighted by Gasteiger charge is 2.32. The molecule has 1 unspecified atom stereocenters. The van der Waals surface area contributed by atoms with Crippen molar-refractivity contribution in [3.05, 3.63) is 77.6 Å². The zero-order chi connectivity index (χ0) is 20.4. The molecule has 0 spiro atoms. The highest BCUT2D eigenvalue weighted by atomic mass is 16.2. The van der Waals surface area contributed by atoms with E-state index in [-0.39, 0.29) is 36.7 Å². The number of amides is 3. The number of nitrogens with one attached hydrogen (secondary N) is 1. The van der Waals surface area contributed by atoms with Gasteiger partial charge >= 0.3 is 0 Å². The topological polar surface area (TPSA) is 79.4 Å². The summed E-state index contributed by atoms with van der Waals surface area (Å²) in [6.45, 7) is 2.11. The van der Waals surface area contributed by atoms with Crippen LogP contribution in [0.15, 0.2) is 60.9 Å². The van der Waals surface area contributed by atoms with Crippen molar-refractivity contribution in [1.29, 1.82) is 0 Å². The lowest BCUT2D eigenvalue weighted by molar-refractivity contribution is -0.121. The Bertz CT molecular complexity index is 1040. The molecule has 1 aliphatic rings. The maximum atomic E-state index is 12.9. The first-order chi connectivity index (χ1) is 14.1. The minimum atomic E-state index is -0.301. The molecule has 3 aromatic rings. The van der Waals surface area contributed by atoms with Gasteiger partial charge in [0.25, 0.3) is 11.8 Å². The molecule has 1 N–H and O–H groups in total. The van der Waals surface area contributed by atoms with E-state index in [4.69, 9.17) is 0 Å². The summed E-state index contributed by atoms with van der Waals surface area (Å²) in [5, 5.41) is 4.53. The Labute approximate surface area is 168 Å². The third-order valence-electron chi connectivity index (χ3n) is 5.22. The van der Waals surface area contributed by atoms with E-state index in [9.17, 15) is 14.4 Å². The standard InChI is InChI=1S/C23H21N3O3/c1-15(16-10-12-24-13-11-16)25-20(27)9-4-14-26-22(28)18-7-2-5-17-6-3-8-19(21(17)18)23(26)29/h2-3,5-8,10-13,15H,4,9,14H2,1H3,(H,25,27). The van der Waals surface area contributed by atoms with Crippen LogP contribution in [-0.4, -0.2) is 34.2 Å². The predicted octanol–water partition coefficient (Wildman–Crippen LogP) is 3.49. The van der Waals surface area contributed by atoms with Crippen molar-refractivity contribution in [2.45, 2.75) is 25.8 Å². The first-order valence-corrected chi connectivity index (χ1v) is 9.63. The summed E-state index contributed by atoms with van der Waals surface area (Å²) in [7, 11) is 0. The average Bonchev–Trinajstić information content (AvgIpc) is 2.74. The van der Waals surface area contributed by atoms with E-state index >= 15 is 0 Å². The Morgan fingerprint density at radius 1 is 1.00 bits per heavy atom. The van der Waals surface area contributed by atoms with E-state index in [1.807, 2.05) is 43.3 Å². The van der Waals surface area contributed by atoms with Gasteiger partial charge in [-0.1, -0.05) is 24.3 Å². The molecule has 0 aliphatic carbocycles. The van der Waals surface area contributed by atoms with E-state index in [1.54, 1.807) is 24.5 Å². The predicted molar refractivity (Wildman–Crippen MR) is 109 cm³/mol. The van der Waals surface area contributed by atoms with Gasteiger partial charge in [0.05, 0.1) is 6.04 Å². The number of carbonyl (C=O) groups is 3. The molecule has 4 rings (SSSR count). The van der Waals surface area contributed by atoms with Gasteiger partial charge in [-0.25, -0.2) is 0 Å². The molecule has 1 aliphatic heterocycles. The summed E-state index contributed by atoms with van der Waals surface area (Å²) < 4.78 is 0. The monoisotopic (exact) mass is 387 g/mol. The minimum Gasteiger partial charge on any atom is -0.350 e. The summed E-state index contributed by atoms with van der Waals surface area (Å²) >= 11 is 0. The largest absolute Gasteiger partial charge is 0.350 e. The lowest BCUT2D eigenvalue weighted by Gasteiger charge is -2.27. The number of hydrogen-bond donors (Lipinski definition) is 1. The molecule has 0 saturated carbocycles. The maximum absolute atomic E-state index is 12.9. The number of rotatable bonds is 6. The third kappa shape index (κ3) is 3.61. The lowest BCUT2D eigenvalue weighted by atomic mass is 9.94. The van der Waals surface area contributed by atoms with Gasteiger partial charge < -0.3 is 5.32 Å². The zero-order valence-electron chi connectivity index (χ0n) is 16.1. The van der Waals surface area contributed by atoms with E-state index in [2.05, 4.69) is 10.3 Å². The van der Waals surface area contributed by atoms with Gasteiger partial charge in [0.1, 0.15) is 0 Å². The van der Waals surface area contributed by atoms with Crippen LogP contribution in [0, 0.1) is 0 Å². The first kappa shape index (κ1) is 18.8. The molecule has 0 bridgehead atoms. The Kier molecular flexibility index (Phi) is 5.08. The fraction of sp³-hybridized carbons (Fsp3) is 0.217. The van der Waals surface area contributed by atoms with Crippen molar-refractivity contribution in [1.82, 2.24) is 15.2 Å². The number of hydrogen-bond acceptors (Lipinski definition) is 4. The summed E-state index contributed by atoms with van der Waals surface area (Å²) in [6, 6.07) is 14.5. The van der Waals surface area contributed by atoms with Gasteiger partial charge in [-0.15, -0.1) is 0 Å². The number of imide groups is 1. The highest BCUT2D eigenvalue weighted by molar-refractivity contribution is 6.25. The second-order valence-electron chi connectivity index (χ2n) is 7.14. The molecule has 6 nitrogen and oxygen atoms in total. The quantitative estimate of drug-likeness (QED) is 0.657. The van der Waals surface area contributed by atoms with Gasteiger partial charge in [-0.3, -0.25) is 24.3 Å². The Balaban J connectivity index is 1.40. The summed E-state index contributed by atoms with van der Waals surface area (Å²) in [5.74, 6) is -0.719. The van der Waals surface area contributed by atoms with Crippen LogP contribution in [0.4, 0.5) is 0 Å². The van der Waals surface area contributed by atoms with Crippen molar-refractivity contribution >= 4 is 28.5 Å². The van der Waals surface area contributed by atoms with Gasteiger partial charge in [0, 0.05) is 41.9 Å². The molecule has 6 heteroatoms. The van der Waals surface area contributed by atoms with Gasteiger partial charge in [0.15, 0.2) is 0 Å². The molecule has 0 fully saturated rings. The first-order valence-electron chi connectivity index (χ1n) is 9.63. The maximum Gasteiger partial charge on any atom is 0.261 e. The van der Waals surface area contributed by atoms with Crippen LogP contribution in [0.1, 0.15) is 52.1 Å². The van der Waals surface area contributed by atoms with Gasteiger partial charge in [-0.05, 0) is 48.6 Å². The van der Waals surface area contributed by atoms with E-state index in [0.717, 1.165) is 10.9 Å². The summed E-state index contributed by atoms with van der Waals surface area (Å²) in [6.07, 6.45) is 4.01. The molecule has 29 heavy (non-hydrogen) atoms. The highest BCUT2D eigenvalue weighted by Crippen LogP contribution is 2.30. The SMILES string of the molecule is CC(NC(=O)CCCN1C(=O)c2cccc3cccc(c23)C1=O)c1ccncc1. The number of carbonyl (C=O) groups excluding carboxylic acids is 3. The van der Waals surface area contributed by atoms with Crippen molar-refractivity contribution < 1.29 is 14.4 Å². The average molecular weight is 387 g/mol. The number of nitrogens with zero attached hydrogens (tertiary/aromatic N) is 2. The molecule has 2 aromatic carbocycles. The van der Waals surface area contributed by atoms with Crippen LogP contribution in [0.5, 0.6) is 0 Å². The normalized spacial score (nSPS) is 14.2. The van der Waals surface area contributed by atoms with Crippen LogP contribution >= 0.6 is 0 Å². The number of pyridine rings is 1. The fourth-order valence-electron chi connectivity index (χ4n) is 3.73. The molecule has 0 radical (unpaired) electrons. The van der Waals surface area contributed by atoms with Gasteiger partial charge in [-0.2, -0.15) is 0 Å². The molecular formula is C23H21N3O3. The summed E-state index contributed by atoms with van der Waals surface area (Å²) in [5.41, 5.74) is 2.04.